The van der Waals surface area contributed by atoms with Crippen molar-refractivity contribution in [2.75, 3.05) is 12.4 Å². The van der Waals surface area contributed by atoms with Gasteiger partial charge >= 0.3 is 0 Å². The standard InChI is InChI=1S/C26H31BrFN3O3S/c1-13-12-29-25(35-13)30-21(32)7-4-14-10-20(31-34-3)26(2)9-8-15-16(22(14)26)5-6-17-18(15)11-19(27)24(33)23(17)28/h11-12,14-16,22,33H,4-10H2,1-3H3,(H,29,30,32). The second-order valence-corrected chi connectivity index (χ2v) is 12.5. The predicted molar refractivity (Wildman–Crippen MR) is 138 cm³/mol. The molecule has 3 aliphatic rings. The number of aromatic nitrogens is 1. The second-order valence-electron chi connectivity index (χ2n) is 10.4. The van der Waals surface area contributed by atoms with Crippen molar-refractivity contribution in [2.24, 2.45) is 28.3 Å². The highest BCUT2D eigenvalue weighted by Crippen LogP contribution is 2.63. The van der Waals surface area contributed by atoms with E-state index < -0.39 is 5.82 Å². The van der Waals surface area contributed by atoms with Crippen LogP contribution >= 0.6 is 27.3 Å². The van der Waals surface area contributed by atoms with E-state index in [1.807, 2.05) is 13.0 Å². The number of anilines is 1. The van der Waals surface area contributed by atoms with Crippen LogP contribution in [0.1, 0.15) is 67.4 Å². The lowest BCUT2D eigenvalue weighted by molar-refractivity contribution is -0.116. The van der Waals surface area contributed by atoms with Crippen LogP contribution in [0.4, 0.5) is 9.52 Å². The van der Waals surface area contributed by atoms with Gasteiger partial charge in [-0.3, -0.25) is 4.79 Å². The number of carbonyl (C=O) groups is 1. The molecule has 0 spiro atoms. The van der Waals surface area contributed by atoms with Crippen LogP contribution in [-0.2, 0) is 16.1 Å². The Hall–Kier alpha value is -2.00. The van der Waals surface area contributed by atoms with Crippen LogP contribution in [0, 0.1) is 35.9 Å². The Morgan fingerprint density at radius 3 is 2.97 bits per heavy atom. The summed E-state index contributed by atoms with van der Waals surface area (Å²) < 4.78 is 15.3. The van der Waals surface area contributed by atoms with E-state index in [1.54, 1.807) is 13.3 Å². The van der Waals surface area contributed by atoms with Gasteiger partial charge in [0.2, 0.25) is 5.91 Å². The number of fused-ring (bicyclic) bond motifs is 5. The van der Waals surface area contributed by atoms with Crippen LogP contribution < -0.4 is 5.32 Å². The fourth-order valence-corrected chi connectivity index (χ4v) is 8.25. The quantitative estimate of drug-likeness (QED) is 0.403. The van der Waals surface area contributed by atoms with Crippen molar-refractivity contribution in [3.05, 3.63) is 38.6 Å². The van der Waals surface area contributed by atoms with Crippen LogP contribution in [0.25, 0.3) is 0 Å². The van der Waals surface area contributed by atoms with E-state index in [9.17, 15) is 14.3 Å². The van der Waals surface area contributed by atoms with Crippen LogP contribution in [0.2, 0.25) is 0 Å². The maximum absolute atomic E-state index is 14.9. The molecule has 5 atom stereocenters. The van der Waals surface area contributed by atoms with Gasteiger partial charge in [0.25, 0.3) is 0 Å². The van der Waals surface area contributed by atoms with Crippen LogP contribution in [0.15, 0.2) is 21.9 Å². The Kier molecular flexibility index (Phi) is 6.68. The molecule has 1 aromatic heterocycles. The maximum atomic E-state index is 14.9. The number of thiazole rings is 1. The van der Waals surface area contributed by atoms with Crippen LogP contribution in [0.3, 0.4) is 0 Å². The minimum atomic E-state index is -0.486. The van der Waals surface area contributed by atoms with E-state index in [-0.39, 0.29) is 23.0 Å². The number of amides is 1. The highest BCUT2D eigenvalue weighted by atomic mass is 79.9. The maximum Gasteiger partial charge on any atom is 0.226 e. The molecular formula is C26H31BrFN3O3S. The monoisotopic (exact) mass is 563 g/mol. The molecule has 2 aromatic rings. The molecule has 2 N–H and O–H groups in total. The predicted octanol–water partition coefficient (Wildman–Crippen LogP) is 6.56. The molecule has 1 aromatic carbocycles. The number of oxime groups is 1. The number of aromatic hydroxyl groups is 1. The fourth-order valence-electron chi connectivity index (χ4n) is 7.15. The molecule has 3 aliphatic carbocycles. The first-order valence-corrected chi connectivity index (χ1v) is 13.9. The second kappa shape index (κ2) is 9.47. The molecule has 0 saturated heterocycles. The molecule has 2 saturated carbocycles. The number of carbonyl (C=O) groups excluding carboxylic acids is 1. The van der Waals surface area contributed by atoms with Gasteiger partial charge in [-0.05, 0) is 102 Å². The lowest BCUT2D eigenvalue weighted by Gasteiger charge is -2.50. The van der Waals surface area contributed by atoms with Crippen molar-refractivity contribution in [1.82, 2.24) is 4.98 Å². The molecule has 35 heavy (non-hydrogen) atoms. The summed E-state index contributed by atoms with van der Waals surface area (Å²) in [6.07, 6.45) is 7.16. The summed E-state index contributed by atoms with van der Waals surface area (Å²) in [5, 5.41) is 18.2. The molecule has 6 nitrogen and oxygen atoms in total. The van der Waals surface area contributed by atoms with Gasteiger partial charge in [0.05, 0.1) is 10.2 Å². The van der Waals surface area contributed by atoms with Gasteiger partial charge < -0.3 is 15.3 Å². The molecule has 9 heteroatoms. The molecule has 2 fully saturated rings. The summed E-state index contributed by atoms with van der Waals surface area (Å²) in [6, 6.07) is 1.92. The molecule has 0 bridgehead atoms. The number of nitrogens with zero attached hydrogens (tertiary/aromatic N) is 2. The molecule has 0 radical (unpaired) electrons. The Labute approximate surface area is 217 Å². The first kappa shape index (κ1) is 24.7. The minimum absolute atomic E-state index is 0.0130. The van der Waals surface area contributed by atoms with E-state index >= 15 is 0 Å². The lowest BCUT2D eigenvalue weighted by Crippen LogP contribution is -2.44. The van der Waals surface area contributed by atoms with Crippen molar-refractivity contribution in [1.29, 1.82) is 0 Å². The molecule has 188 valence electrons. The zero-order valence-electron chi connectivity index (χ0n) is 20.2. The van der Waals surface area contributed by atoms with E-state index in [2.05, 4.69) is 38.3 Å². The summed E-state index contributed by atoms with van der Waals surface area (Å²) in [4.78, 5) is 23.3. The van der Waals surface area contributed by atoms with Gasteiger partial charge in [0.1, 0.15) is 7.11 Å². The Morgan fingerprint density at radius 1 is 1.46 bits per heavy atom. The molecule has 1 heterocycles. The van der Waals surface area contributed by atoms with Gasteiger partial charge in [-0.15, -0.1) is 11.3 Å². The van der Waals surface area contributed by atoms with Gasteiger partial charge in [0.15, 0.2) is 16.7 Å². The summed E-state index contributed by atoms with van der Waals surface area (Å²) in [7, 11) is 1.59. The van der Waals surface area contributed by atoms with Crippen molar-refractivity contribution >= 4 is 44.0 Å². The molecule has 5 unspecified atom stereocenters. The third-order valence-electron chi connectivity index (χ3n) is 8.58. The Balaban J connectivity index is 1.41. The van der Waals surface area contributed by atoms with E-state index in [0.717, 1.165) is 48.3 Å². The lowest BCUT2D eigenvalue weighted by atomic mass is 9.54. The Bertz CT molecular complexity index is 1180. The SMILES string of the molecule is CON=C1CC(CCC(=O)Nc2ncc(C)s2)C2C3CCc4c(cc(Br)c(O)c4F)C3CCC12C. The number of hydrogen-bond donors (Lipinski definition) is 2. The van der Waals surface area contributed by atoms with Crippen molar-refractivity contribution < 1.29 is 19.1 Å². The zero-order chi connectivity index (χ0) is 24.9. The molecular weight excluding hydrogens is 533 g/mol. The van der Waals surface area contributed by atoms with Gasteiger partial charge in [0, 0.05) is 22.9 Å². The number of aryl methyl sites for hydroxylation is 1. The summed E-state index contributed by atoms with van der Waals surface area (Å²) in [5.41, 5.74) is 2.69. The fraction of sp³-hybridized carbons (Fsp3) is 0.577. The molecule has 0 aliphatic heterocycles. The van der Waals surface area contributed by atoms with Gasteiger partial charge in [-0.25, -0.2) is 9.37 Å². The van der Waals surface area contributed by atoms with Crippen molar-refractivity contribution in [3.63, 3.8) is 0 Å². The van der Waals surface area contributed by atoms with E-state index in [4.69, 9.17) is 4.84 Å². The average molecular weight is 565 g/mol. The number of rotatable bonds is 5. The third-order valence-corrected chi connectivity index (χ3v) is 10.0. The first-order chi connectivity index (χ1) is 16.7. The number of phenols is 1. The number of phenolic OH excluding ortho intramolecular Hbond substituents is 1. The van der Waals surface area contributed by atoms with E-state index in [0.29, 0.717) is 45.8 Å². The highest BCUT2D eigenvalue weighted by Gasteiger charge is 2.58. The van der Waals surface area contributed by atoms with Crippen LogP contribution in [0.5, 0.6) is 5.75 Å². The average Bonchev–Trinajstić information content (AvgIpc) is 3.36. The largest absolute Gasteiger partial charge is 0.504 e. The normalized spacial score (nSPS) is 30.5. The van der Waals surface area contributed by atoms with E-state index in [1.165, 1.54) is 11.3 Å². The molecule has 5 rings (SSSR count). The minimum Gasteiger partial charge on any atom is -0.504 e. The Morgan fingerprint density at radius 2 is 2.26 bits per heavy atom. The summed E-state index contributed by atoms with van der Waals surface area (Å²) in [5.74, 6) is 0.459. The number of nitrogens with one attached hydrogen (secondary N) is 1. The number of halogens is 2. The zero-order valence-corrected chi connectivity index (χ0v) is 22.6. The first-order valence-electron chi connectivity index (χ1n) is 12.3. The highest BCUT2D eigenvalue weighted by molar-refractivity contribution is 9.10. The van der Waals surface area contributed by atoms with Gasteiger partial charge in [-0.1, -0.05) is 12.1 Å². The van der Waals surface area contributed by atoms with Crippen molar-refractivity contribution in [3.8, 4) is 5.75 Å². The van der Waals surface area contributed by atoms with Crippen LogP contribution in [-0.4, -0.2) is 28.8 Å². The summed E-state index contributed by atoms with van der Waals surface area (Å²) >= 11 is 4.83. The smallest absolute Gasteiger partial charge is 0.226 e. The van der Waals surface area contributed by atoms with Crippen molar-refractivity contribution in [2.45, 2.75) is 64.7 Å². The summed E-state index contributed by atoms with van der Waals surface area (Å²) in [6.45, 7) is 4.27. The third kappa shape index (κ3) is 4.28. The topological polar surface area (TPSA) is 83.8 Å². The molecule has 1 amide bonds. The number of benzene rings is 1. The number of hydrogen-bond acceptors (Lipinski definition) is 6. The van der Waals surface area contributed by atoms with Gasteiger partial charge in [-0.2, -0.15) is 0 Å².